The van der Waals surface area contributed by atoms with Gasteiger partial charge in [0.25, 0.3) is 17.7 Å². The van der Waals surface area contributed by atoms with Crippen LogP contribution in [0.25, 0.3) is 50.7 Å². The van der Waals surface area contributed by atoms with E-state index in [0.717, 1.165) is 0 Å². The van der Waals surface area contributed by atoms with Gasteiger partial charge in [0, 0.05) is 94.3 Å². The van der Waals surface area contributed by atoms with E-state index in [2.05, 4.69) is 77.4 Å². The minimum absolute atomic E-state index is 0.102. The van der Waals surface area contributed by atoms with Gasteiger partial charge in [-0.05, 0) is 36.4 Å². The fraction of sp³-hybridized carbons (Fsp3) is 0.261. The number of anilines is 6. The van der Waals surface area contributed by atoms with Gasteiger partial charge in [-0.2, -0.15) is 56.9 Å². The van der Waals surface area contributed by atoms with Gasteiger partial charge in [-0.1, -0.05) is 0 Å². The molecular formula is C69H57F6N21O15. The zero-order chi connectivity index (χ0) is 76.6. The van der Waals surface area contributed by atoms with Gasteiger partial charge in [-0.15, -0.1) is 0 Å². The SMILES string of the molecule is O=C(Nc1cn(C2CCOC2=O)nc1-c1cc2c(cc1OC(F)F)NCCO2)c1cnn2cccnc12.O=C(Nc1cn([C@@H]2CCOC2=O)nc1-c1cc2c(cc1OC(F)F)NCCO2)c1cnn2cccnc12.O=C(Nc1cn([C@H]2CCOC2=O)nc1-c1cc2c(cc1OC(F)F)NCCO2)c1cnn2cccnc12. The van der Waals surface area contributed by atoms with Crippen LogP contribution >= 0.6 is 0 Å². The van der Waals surface area contributed by atoms with Crippen molar-refractivity contribution in [2.75, 3.05) is 91.2 Å². The van der Waals surface area contributed by atoms with E-state index < -0.39 is 73.6 Å². The van der Waals surface area contributed by atoms with Crippen molar-refractivity contribution >= 4 is 86.7 Å². The Balaban J connectivity index is 0.000000126. The van der Waals surface area contributed by atoms with Crippen LogP contribution in [0, 0.1) is 0 Å². The number of aromatic nitrogens is 15. The van der Waals surface area contributed by atoms with Crippen LogP contribution in [0.2, 0.25) is 0 Å². The smallest absolute Gasteiger partial charge is 0.387 e. The molecule has 3 fully saturated rings. The second-order valence-corrected chi connectivity index (χ2v) is 24.7. The van der Waals surface area contributed by atoms with Crippen LogP contribution in [-0.4, -0.2) is 188 Å². The maximum absolute atomic E-state index is 13.3. The molecule has 3 atom stereocenters. The second-order valence-electron chi connectivity index (χ2n) is 24.7. The Morgan fingerprint density at radius 2 is 0.721 bits per heavy atom. The molecule has 0 aliphatic carbocycles. The van der Waals surface area contributed by atoms with Gasteiger partial charge in [0.05, 0.1) is 108 Å². The first kappa shape index (κ1) is 71.0. The summed E-state index contributed by atoms with van der Waals surface area (Å²) in [4.78, 5) is 89.0. The Hall–Kier alpha value is -14.3. The van der Waals surface area contributed by atoms with Crippen LogP contribution in [0.3, 0.4) is 0 Å². The van der Waals surface area contributed by atoms with E-state index in [1.54, 1.807) is 36.8 Å². The summed E-state index contributed by atoms with van der Waals surface area (Å²) in [6.45, 7) is -6.11. The van der Waals surface area contributed by atoms with Crippen molar-refractivity contribution in [3.8, 4) is 68.3 Å². The third-order valence-electron chi connectivity index (χ3n) is 17.9. The summed E-state index contributed by atoms with van der Waals surface area (Å²) in [5, 5.41) is 43.3. The molecule has 15 heterocycles. The number of alkyl halides is 6. The van der Waals surface area contributed by atoms with Gasteiger partial charge in [-0.3, -0.25) is 28.4 Å². The van der Waals surface area contributed by atoms with Gasteiger partial charge in [0.1, 0.15) is 88.1 Å². The maximum Gasteiger partial charge on any atom is 0.387 e. The highest BCUT2D eigenvalue weighted by molar-refractivity contribution is 6.11. The number of halogens is 6. The van der Waals surface area contributed by atoms with E-state index in [9.17, 15) is 55.1 Å². The number of esters is 3. The first-order valence-electron chi connectivity index (χ1n) is 34.0. The molecule has 3 aromatic carbocycles. The summed E-state index contributed by atoms with van der Waals surface area (Å²) in [6, 6.07) is 11.5. The van der Waals surface area contributed by atoms with Crippen LogP contribution in [0.4, 0.5) is 60.5 Å². The second kappa shape index (κ2) is 30.2. The summed E-state index contributed by atoms with van der Waals surface area (Å²) in [5.74, 6) is -2.47. The minimum Gasteiger partial charge on any atom is -0.490 e. The van der Waals surface area contributed by atoms with Gasteiger partial charge in [0.15, 0.2) is 35.1 Å². The zero-order valence-electron chi connectivity index (χ0n) is 57.2. The maximum atomic E-state index is 13.3. The molecule has 6 aliphatic rings. The van der Waals surface area contributed by atoms with Crippen molar-refractivity contribution in [3.05, 3.63) is 146 Å². The minimum atomic E-state index is -3.11. The van der Waals surface area contributed by atoms with Gasteiger partial charge in [0.2, 0.25) is 0 Å². The van der Waals surface area contributed by atoms with Crippen LogP contribution in [0.15, 0.2) is 129 Å². The Bertz CT molecular complexity index is 5090. The number of benzene rings is 3. The zero-order valence-corrected chi connectivity index (χ0v) is 57.2. The number of fused-ring (bicyclic) bond motifs is 6. The number of rotatable bonds is 18. The first-order valence-corrected chi connectivity index (χ1v) is 34.0. The van der Waals surface area contributed by atoms with Crippen molar-refractivity contribution in [2.24, 2.45) is 0 Å². The van der Waals surface area contributed by atoms with Crippen LogP contribution in [-0.2, 0) is 28.6 Å². The number of carbonyl (C=O) groups is 6. The van der Waals surface area contributed by atoms with E-state index in [1.807, 2.05) is 0 Å². The van der Waals surface area contributed by atoms with Crippen molar-refractivity contribution in [2.45, 2.75) is 57.2 Å². The van der Waals surface area contributed by atoms with E-state index in [0.29, 0.717) is 110 Å². The summed E-state index contributed by atoms with van der Waals surface area (Å²) in [7, 11) is 0. The predicted molar refractivity (Wildman–Crippen MR) is 371 cm³/mol. The van der Waals surface area contributed by atoms with Crippen LogP contribution < -0.4 is 60.3 Å². The van der Waals surface area contributed by atoms with E-state index in [4.69, 9.17) is 42.6 Å². The first-order chi connectivity index (χ1) is 53.9. The molecule has 36 nitrogen and oxygen atoms in total. The molecule has 18 rings (SSSR count). The highest BCUT2D eigenvalue weighted by atomic mass is 19.3. The lowest BCUT2D eigenvalue weighted by molar-refractivity contribution is -0.141. The number of nitrogens with one attached hydrogen (secondary N) is 6. The third-order valence-corrected chi connectivity index (χ3v) is 17.9. The van der Waals surface area contributed by atoms with Crippen molar-refractivity contribution in [1.82, 2.24) is 73.1 Å². The highest BCUT2D eigenvalue weighted by Crippen LogP contribution is 2.47. The summed E-state index contributed by atoms with van der Waals surface area (Å²) >= 11 is 0. The van der Waals surface area contributed by atoms with Gasteiger partial charge < -0.3 is 74.5 Å². The lowest BCUT2D eigenvalue weighted by Crippen LogP contribution is -2.18. The Labute approximate surface area is 617 Å². The Kier molecular flexibility index (Phi) is 19.3. The molecular weight excluding hydrogens is 1480 g/mol. The van der Waals surface area contributed by atoms with E-state index in [-0.39, 0.29) is 105 Å². The van der Waals surface area contributed by atoms with Crippen LogP contribution in [0.1, 0.15) is 68.5 Å². The molecule has 9 aromatic heterocycles. The van der Waals surface area contributed by atoms with Gasteiger partial charge >= 0.3 is 37.7 Å². The largest absolute Gasteiger partial charge is 0.490 e. The van der Waals surface area contributed by atoms with Crippen molar-refractivity contribution < 1.29 is 97.7 Å². The highest BCUT2D eigenvalue weighted by Gasteiger charge is 2.37. The molecule has 6 N–H and O–H groups in total. The number of hydrogen-bond acceptors (Lipinski definition) is 27. The lowest BCUT2D eigenvalue weighted by atomic mass is 10.1. The van der Waals surface area contributed by atoms with E-state index in [1.165, 1.54) is 120 Å². The topological polar surface area (TPSA) is 402 Å². The summed E-state index contributed by atoms with van der Waals surface area (Å²) in [6.07, 6.45) is 19.0. The van der Waals surface area contributed by atoms with Crippen molar-refractivity contribution in [3.63, 3.8) is 0 Å². The average molecular weight is 1530 g/mol. The number of cyclic esters (lactones) is 3. The Morgan fingerprint density at radius 3 is 0.991 bits per heavy atom. The number of ether oxygens (including phenoxy) is 9. The fourth-order valence-electron chi connectivity index (χ4n) is 12.9. The normalized spacial score (nSPS) is 16.7. The molecule has 0 saturated carbocycles. The number of amides is 3. The standard InChI is InChI=1S/3C23H19F2N7O5/c3*24-23(25)37-17-9-14-18(35-7-4-26-14)8-12(17)19-15(11-32(30-19)16-2-6-36-22(16)34)29-21(33)13-10-28-31-5-1-3-27-20(13)31/h3*1,3,5,8-11,16,23,26H,2,4,6-7H2,(H,29,33)/t2*16-;/m10./s1. The van der Waals surface area contributed by atoms with Crippen LogP contribution in [0.5, 0.6) is 34.5 Å². The Morgan fingerprint density at radius 1 is 0.423 bits per heavy atom. The molecule has 111 heavy (non-hydrogen) atoms. The molecule has 3 amide bonds. The fourth-order valence-corrected chi connectivity index (χ4v) is 12.9. The molecule has 6 aliphatic heterocycles. The molecule has 0 bridgehead atoms. The predicted octanol–water partition coefficient (Wildman–Crippen LogP) is 8.22. The monoisotopic (exact) mass is 1530 g/mol. The number of carbonyl (C=O) groups excluding carboxylic acids is 6. The van der Waals surface area contributed by atoms with Crippen molar-refractivity contribution in [1.29, 1.82) is 0 Å². The third kappa shape index (κ3) is 14.5. The number of hydrogen-bond donors (Lipinski definition) is 6. The van der Waals surface area contributed by atoms with E-state index >= 15 is 0 Å². The molecule has 3 saturated heterocycles. The van der Waals surface area contributed by atoms with Gasteiger partial charge in [-0.25, -0.2) is 42.9 Å². The molecule has 0 radical (unpaired) electrons. The summed E-state index contributed by atoms with van der Waals surface area (Å²) < 4.78 is 135. The molecule has 12 aromatic rings. The quantitative estimate of drug-likeness (QED) is 0.0267. The molecule has 0 spiro atoms. The molecule has 1 unspecified atom stereocenters. The number of nitrogens with zero attached hydrogens (tertiary/aromatic N) is 15. The average Bonchev–Trinajstić information content (AvgIpc) is 1.67. The lowest BCUT2D eigenvalue weighted by Gasteiger charge is -2.21. The molecule has 570 valence electrons. The molecule has 42 heteroatoms. The summed E-state index contributed by atoms with van der Waals surface area (Å²) in [5.41, 5.74) is 4.14.